The van der Waals surface area contributed by atoms with Gasteiger partial charge in [-0.25, -0.2) is 8.42 Å². The zero-order chi connectivity index (χ0) is 25.1. The molecule has 178 valence electrons. The lowest BCUT2D eigenvalue weighted by Crippen LogP contribution is -2.05. The fraction of sp³-hybridized carbons (Fsp3) is 0.130. The standard InChI is InChI=1S/C23H13BrF6O3S/c1-33-18-8-2-12-10-14(22(25,26)27)4-6-16(12)20(18)21-17-7-5-15(23(28,29)30)11-13(17)3-9-19(21)34(24,31)32/h2-11H,1H3. The summed E-state index contributed by atoms with van der Waals surface area (Å²) in [6, 6.07) is 10.9. The van der Waals surface area contributed by atoms with Crippen LogP contribution >= 0.6 is 14.8 Å². The predicted molar refractivity (Wildman–Crippen MR) is 120 cm³/mol. The van der Waals surface area contributed by atoms with E-state index in [-0.39, 0.29) is 43.3 Å². The number of hydrogen-bond donors (Lipinski definition) is 0. The van der Waals surface area contributed by atoms with Gasteiger partial charge in [0.05, 0.1) is 37.9 Å². The molecular weight excluding hydrogens is 550 g/mol. The van der Waals surface area contributed by atoms with Crippen LogP contribution < -0.4 is 4.74 Å². The van der Waals surface area contributed by atoms with Crippen LogP contribution in [-0.2, 0) is 20.6 Å². The Morgan fingerprint density at radius 3 is 1.62 bits per heavy atom. The first-order valence-corrected chi connectivity index (χ1v) is 12.8. The molecule has 0 radical (unpaired) electrons. The fourth-order valence-electron chi connectivity index (χ4n) is 3.86. The molecule has 0 aliphatic heterocycles. The molecule has 0 fully saturated rings. The van der Waals surface area contributed by atoms with Gasteiger partial charge in [0, 0.05) is 11.1 Å². The first-order chi connectivity index (χ1) is 15.7. The highest BCUT2D eigenvalue weighted by atomic mass is 79.9. The highest BCUT2D eigenvalue weighted by molar-refractivity contribution is 9.47. The maximum atomic E-state index is 13.3. The van der Waals surface area contributed by atoms with Crippen LogP contribution in [0.5, 0.6) is 5.75 Å². The summed E-state index contributed by atoms with van der Waals surface area (Å²) in [6.07, 6.45) is -9.23. The summed E-state index contributed by atoms with van der Waals surface area (Å²) in [7, 11) is -2.79. The van der Waals surface area contributed by atoms with E-state index in [0.29, 0.717) is 0 Å². The number of alkyl halides is 6. The second-order valence-electron chi connectivity index (χ2n) is 7.39. The van der Waals surface area contributed by atoms with Crippen LogP contribution in [0.15, 0.2) is 65.6 Å². The van der Waals surface area contributed by atoms with Gasteiger partial charge in [-0.3, -0.25) is 0 Å². The number of methoxy groups -OCH3 is 1. The zero-order valence-corrected chi connectivity index (χ0v) is 19.5. The summed E-state index contributed by atoms with van der Waals surface area (Å²) in [5.41, 5.74) is -1.69. The van der Waals surface area contributed by atoms with Crippen molar-refractivity contribution < 1.29 is 39.5 Å². The number of rotatable bonds is 3. The van der Waals surface area contributed by atoms with E-state index in [1.54, 1.807) is 0 Å². The van der Waals surface area contributed by atoms with Crippen molar-refractivity contribution in [2.75, 3.05) is 7.11 Å². The first kappa shape index (κ1) is 24.3. The Hall–Kier alpha value is -2.79. The van der Waals surface area contributed by atoms with E-state index < -0.39 is 31.8 Å². The Balaban J connectivity index is 2.17. The molecule has 0 unspecified atom stereocenters. The minimum Gasteiger partial charge on any atom is -0.496 e. The van der Waals surface area contributed by atoms with Crippen molar-refractivity contribution in [2.45, 2.75) is 17.2 Å². The van der Waals surface area contributed by atoms with Gasteiger partial charge in [0.25, 0.3) is 0 Å². The molecule has 3 nitrogen and oxygen atoms in total. The molecule has 0 bridgehead atoms. The Kier molecular flexibility index (Phi) is 5.84. The molecule has 0 aliphatic rings. The quantitative estimate of drug-likeness (QED) is 0.189. The summed E-state index contributed by atoms with van der Waals surface area (Å²) in [5.74, 6) is 0.136. The molecule has 11 heteroatoms. The molecule has 34 heavy (non-hydrogen) atoms. The van der Waals surface area contributed by atoms with Crippen molar-refractivity contribution in [1.29, 1.82) is 0 Å². The van der Waals surface area contributed by atoms with E-state index in [1.165, 1.54) is 31.4 Å². The van der Waals surface area contributed by atoms with Gasteiger partial charge < -0.3 is 4.74 Å². The van der Waals surface area contributed by atoms with Crippen molar-refractivity contribution in [3.63, 3.8) is 0 Å². The average molecular weight is 563 g/mol. The maximum absolute atomic E-state index is 13.3. The molecular formula is C23H13BrF6O3S. The molecule has 0 atom stereocenters. The summed E-state index contributed by atoms with van der Waals surface area (Å²) >= 11 is 2.62. The molecule has 0 saturated carbocycles. The van der Waals surface area contributed by atoms with E-state index in [9.17, 15) is 34.8 Å². The Morgan fingerprint density at radius 2 is 1.18 bits per heavy atom. The maximum Gasteiger partial charge on any atom is 0.416 e. The highest BCUT2D eigenvalue weighted by Crippen LogP contribution is 2.46. The lowest BCUT2D eigenvalue weighted by atomic mass is 9.91. The van der Waals surface area contributed by atoms with Crippen LogP contribution in [0, 0.1) is 0 Å². The van der Waals surface area contributed by atoms with E-state index in [2.05, 4.69) is 14.8 Å². The highest BCUT2D eigenvalue weighted by Gasteiger charge is 2.33. The lowest BCUT2D eigenvalue weighted by Gasteiger charge is -2.19. The Bertz CT molecular complexity index is 1540. The zero-order valence-electron chi connectivity index (χ0n) is 17.1. The van der Waals surface area contributed by atoms with Crippen molar-refractivity contribution in [3.05, 3.63) is 71.8 Å². The van der Waals surface area contributed by atoms with Crippen LogP contribution in [0.2, 0.25) is 0 Å². The van der Waals surface area contributed by atoms with Gasteiger partial charge >= 0.3 is 12.4 Å². The molecule has 4 aromatic rings. The SMILES string of the molecule is COc1ccc2cc(C(F)(F)F)ccc2c1-c1c(S(=O)(=O)Br)ccc2cc(C(F)(F)F)ccc12. The number of hydrogen-bond acceptors (Lipinski definition) is 3. The fourth-order valence-corrected chi connectivity index (χ4v) is 5.36. The average Bonchev–Trinajstić information content (AvgIpc) is 2.74. The third kappa shape index (κ3) is 4.34. The molecule has 0 spiro atoms. The van der Waals surface area contributed by atoms with Crippen molar-refractivity contribution in [1.82, 2.24) is 0 Å². The van der Waals surface area contributed by atoms with Gasteiger partial charge in [0.2, 0.25) is 8.27 Å². The first-order valence-electron chi connectivity index (χ1n) is 9.49. The van der Waals surface area contributed by atoms with Crippen molar-refractivity contribution in [2.24, 2.45) is 0 Å². The van der Waals surface area contributed by atoms with E-state index in [1.807, 2.05) is 0 Å². The number of benzene rings is 4. The lowest BCUT2D eigenvalue weighted by molar-refractivity contribution is -0.138. The molecule has 0 N–H and O–H groups in total. The predicted octanol–water partition coefficient (Wildman–Crippen LogP) is 7.79. The van der Waals surface area contributed by atoms with Crippen LogP contribution in [0.1, 0.15) is 11.1 Å². The molecule has 4 aromatic carbocycles. The number of fused-ring (bicyclic) bond motifs is 2. The van der Waals surface area contributed by atoms with Crippen LogP contribution in [0.25, 0.3) is 32.7 Å². The van der Waals surface area contributed by atoms with Gasteiger partial charge in [-0.2, -0.15) is 26.3 Å². The molecule has 0 aromatic heterocycles. The second-order valence-corrected chi connectivity index (χ2v) is 11.3. The Morgan fingerprint density at radius 1 is 0.706 bits per heavy atom. The second kappa shape index (κ2) is 8.16. The summed E-state index contributed by atoms with van der Waals surface area (Å²) in [6.45, 7) is 0. The van der Waals surface area contributed by atoms with E-state index in [4.69, 9.17) is 4.74 Å². The normalized spacial score (nSPS) is 12.9. The topological polar surface area (TPSA) is 43.4 Å². The third-order valence-electron chi connectivity index (χ3n) is 5.35. The monoisotopic (exact) mass is 562 g/mol. The molecule has 0 amide bonds. The minimum atomic E-state index is -4.63. The number of halogens is 7. The van der Waals surface area contributed by atoms with Gasteiger partial charge in [0.1, 0.15) is 5.75 Å². The number of ether oxygens (including phenoxy) is 1. The van der Waals surface area contributed by atoms with Crippen molar-refractivity contribution in [3.8, 4) is 16.9 Å². The van der Waals surface area contributed by atoms with Crippen molar-refractivity contribution >= 4 is 44.6 Å². The molecule has 0 saturated heterocycles. The van der Waals surface area contributed by atoms with Crippen LogP contribution in [0.4, 0.5) is 26.3 Å². The molecule has 0 heterocycles. The largest absolute Gasteiger partial charge is 0.496 e. The minimum absolute atomic E-state index is 0.00491. The van der Waals surface area contributed by atoms with Gasteiger partial charge in [-0.15, -0.1) is 0 Å². The van der Waals surface area contributed by atoms with Gasteiger partial charge in [0.15, 0.2) is 0 Å². The van der Waals surface area contributed by atoms with Gasteiger partial charge in [-0.1, -0.05) is 24.3 Å². The van der Waals surface area contributed by atoms with E-state index in [0.717, 1.165) is 36.4 Å². The third-order valence-corrected chi connectivity index (χ3v) is 7.26. The van der Waals surface area contributed by atoms with E-state index >= 15 is 0 Å². The smallest absolute Gasteiger partial charge is 0.416 e. The summed E-state index contributed by atoms with van der Waals surface area (Å²) < 4.78 is 110. The van der Waals surface area contributed by atoms with Crippen LogP contribution in [0.3, 0.4) is 0 Å². The van der Waals surface area contributed by atoms with Crippen LogP contribution in [-0.4, -0.2) is 15.5 Å². The summed E-state index contributed by atoms with van der Waals surface area (Å²) in [4.78, 5) is -0.273. The Labute approximate surface area is 197 Å². The molecule has 0 aliphatic carbocycles. The van der Waals surface area contributed by atoms with Gasteiger partial charge in [-0.05, 0) is 57.9 Å². The molecule has 4 rings (SSSR count). The summed E-state index contributed by atoms with van der Waals surface area (Å²) in [5, 5.41) is 0.625.